The standard InChI is InChI=1S/C16H29ClN2S/c1-6-16(4,11-18-9-13(2)3)12-19(5)10-14-7-8-15(17)20-14/h7-8,13,18H,6,9-12H2,1-5H3. The van der Waals surface area contributed by atoms with Crippen LogP contribution in [0.1, 0.15) is 39.0 Å². The van der Waals surface area contributed by atoms with Gasteiger partial charge in [-0.05, 0) is 43.5 Å². The number of nitrogens with zero attached hydrogens (tertiary/aromatic N) is 1. The van der Waals surface area contributed by atoms with Crippen molar-refractivity contribution in [3.8, 4) is 0 Å². The molecule has 1 rings (SSSR count). The van der Waals surface area contributed by atoms with E-state index in [1.165, 1.54) is 11.3 Å². The van der Waals surface area contributed by atoms with Gasteiger partial charge in [-0.25, -0.2) is 0 Å². The summed E-state index contributed by atoms with van der Waals surface area (Å²) in [4.78, 5) is 3.74. The Morgan fingerprint density at radius 1 is 1.40 bits per heavy atom. The largest absolute Gasteiger partial charge is 0.316 e. The van der Waals surface area contributed by atoms with Crippen molar-refractivity contribution in [1.29, 1.82) is 0 Å². The van der Waals surface area contributed by atoms with Gasteiger partial charge in [-0.3, -0.25) is 0 Å². The molecule has 0 aliphatic rings. The first kappa shape index (κ1) is 18.0. The van der Waals surface area contributed by atoms with E-state index in [9.17, 15) is 0 Å². The Morgan fingerprint density at radius 3 is 2.60 bits per heavy atom. The summed E-state index contributed by atoms with van der Waals surface area (Å²) >= 11 is 7.67. The highest BCUT2D eigenvalue weighted by Crippen LogP contribution is 2.25. The van der Waals surface area contributed by atoms with Crippen molar-refractivity contribution in [3.63, 3.8) is 0 Å². The van der Waals surface area contributed by atoms with Gasteiger partial charge in [0, 0.05) is 24.5 Å². The number of nitrogens with one attached hydrogen (secondary N) is 1. The van der Waals surface area contributed by atoms with E-state index in [2.05, 4.69) is 51.0 Å². The lowest BCUT2D eigenvalue weighted by Crippen LogP contribution is -2.41. The van der Waals surface area contributed by atoms with Crippen molar-refractivity contribution in [1.82, 2.24) is 10.2 Å². The van der Waals surface area contributed by atoms with Crippen molar-refractivity contribution in [2.45, 2.75) is 40.7 Å². The summed E-state index contributed by atoms with van der Waals surface area (Å²) in [5.74, 6) is 0.710. The summed E-state index contributed by atoms with van der Waals surface area (Å²) in [5.41, 5.74) is 0.324. The average Bonchev–Trinajstić information content (AvgIpc) is 2.73. The first-order valence-corrected chi connectivity index (χ1v) is 8.67. The number of halogens is 1. The Kier molecular flexibility index (Phi) is 7.52. The molecule has 0 saturated heterocycles. The molecule has 0 saturated carbocycles. The minimum Gasteiger partial charge on any atom is -0.316 e. The maximum Gasteiger partial charge on any atom is 0.0931 e. The predicted octanol–water partition coefficient (Wildman–Crippen LogP) is 4.50. The highest BCUT2D eigenvalue weighted by atomic mass is 35.5. The molecule has 0 aromatic carbocycles. The molecule has 0 amide bonds. The van der Waals surface area contributed by atoms with Crippen LogP contribution in [0.5, 0.6) is 0 Å². The Labute approximate surface area is 133 Å². The smallest absolute Gasteiger partial charge is 0.0931 e. The predicted molar refractivity (Wildman–Crippen MR) is 91.8 cm³/mol. The fourth-order valence-corrected chi connectivity index (χ4v) is 3.53. The molecule has 0 radical (unpaired) electrons. The zero-order chi connectivity index (χ0) is 15.2. The van der Waals surface area contributed by atoms with Crippen LogP contribution < -0.4 is 5.32 Å². The number of hydrogen-bond acceptors (Lipinski definition) is 3. The molecule has 20 heavy (non-hydrogen) atoms. The number of thiophene rings is 1. The molecule has 1 N–H and O–H groups in total. The minimum atomic E-state index is 0.324. The van der Waals surface area contributed by atoms with E-state index < -0.39 is 0 Å². The van der Waals surface area contributed by atoms with Crippen LogP contribution in [0.3, 0.4) is 0 Å². The number of rotatable bonds is 9. The van der Waals surface area contributed by atoms with E-state index >= 15 is 0 Å². The van der Waals surface area contributed by atoms with Crippen LogP contribution in [0.25, 0.3) is 0 Å². The highest BCUT2D eigenvalue weighted by molar-refractivity contribution is 7.16. The molecule has 1 atom stereocenters. The Morgan fingerprint density at radius 2 is 2.10 bits per heavy atom. The summed E-state index contributed by atoms with van der Waals surface area (Å²) in [7, 11) is 2.20. The van der Waals surface area contributed by atoms with Crippen LogP contribution in [0.4, 0.5) is 0 Å². The second-order valence-corrected chi connectivity index (χ2v) is 8.37. The lowest BCUT2D eigenvalue weighted by Gasteiger charge is -2.33. The van der Waals surface area contributed by atoms with Crippen LogP contribution in [0.15, 0.2) is 12.1 Å². The van der Waals surface area contributed by atoms with E-state index in [1.807, 2.05) is 6.07 Å². The van der Waals surface area contributed by atoms with Crippen LogP contribution >= 0.6 is 22.9 Å². The summed E-state index contributed by atoms with van der Waals surface area (Å²) in [6, 6.07) is 4.11. The van der Waals surface area contributed by atoms with E-state index in [0.29, 0.717) is 11.3 Å². The molecule has 0 aliphatic heterocycles. The van der Waals surface area contributed by atoms with Crippen molar-refractivity contribution in [3.05, 3.63) is 21.3 Å². The summed E-state index contributed by atoms with van der Waals surface area (Å²) in [6.07, 6.45) is 1.19. The fourth-order valence-electron chi connectivity index (χ4n) is 2.37. The number of hydrogen-bond donors (Lipinski definition) is 1. The van der Waals surface area contributed by atoms with Gasteiger partial charge in [0.15, 0.2) is 0 Å². The van der Waals surface area contributed by atoms with Crippen molar-refractivity contribution in [2.24, 2.45) is 11.3 Å². The second kappa shape index (κ2) is 8.38. The first-order chi connectivity index (χ1) is 9.34. The SMILES string of the molecule is CCC(C)(CNCC(C)C)CN(C)Cc1ccc(Cl)s1. The molecule has 1 heterocycles. The van der Waals surface area contributed by atoms with E-state index in [1.54, 1.807) is 11.3 Å². The molecule has 1 unspecified atom stereocenters. The van der Waals surface area contributed by atoms with Crippen LogP contribution in [0.2, 0.25) is 4.34 Å². The highest BCUT2D eigenvalue weighted by Gasteiger charge is 2.23. The summed E-state index contributed by atoms with van der Waals surface area (Å²) < 4.78 is 0.880. The van der Waals surface area contributed by atoms with Crippen LogP contribution in [0, 0.1) is 11.3 Å². The van der Waals surface area contributed by atoms with Gasteiger partial charge in [0.25, 0.3) is 0 Å². The van der Waals surface area contributed by atoms with E-state index in [0.717, 1.165) is 30.5 Å². The van der Waals surface area contributed by atoms with Gasteiger partial charge in [0.1, 0.15) is 0 Å². The van der Waals surface area contributed by atoms with Gasteiger partial charge in [0.2, 0.25) is 0 Å². The molecular weight excluding hydrogens is 288 g/mol. The lowest BCUT2D eigenvalue weighted by atomic mass is 9.86. The topological polar surface area (TPSA) is 15.3 Å². The lowest BCUT2D eigenvalue weighted by molar-refractivity contribution is 0.175. The molecule has 0 spiro atoms. The Hall–Kier alpha value is -0.0900. The van der Waals surface area contributed by atoms with Crippen LogP contribution in [-0.2, 0) is 6.54 Å². The molecular formula is C16H29ClN2S. The minimum absolute atomic E-state index is 0.324. The molecule has 2 nitrogen and oxygen atoms in total. The van der Waals surface area contributed by atoms with E-state index in [4.69, 9.17) is 11.6 Å². The molecule has 4 heteroatoms. The Bertz CT molecular complexity index is 392. The van der Waals surface area contributed by atoms with Gasteiger partial charge in [-0.15, -0.1) is 11.3 Å². The van der Waals surface area contributed by atoms with E-state index in [-0.39, 0.29) is 0 Å². The van der Waals surface area contributed by atoms with Gasteiger partial charge in [0.05, 0.1) is 4.34 Å². The molecule has 1 aromatic rings. The fraction of sp³-hybridized carbons (Fsp3) is 0.750. The molecule has 0 aliphatic carbocycles. The third-order valence-electron chi connectivity index (χ3n) is 3.66. The Balaban J connectivity index is 2.44. The normalized spacial score (nSPS) is 15.0. The average molecular weight is 317 g/mol. The molecule has 0 fully saturated rings. The third kappa shape index (κ3) is 6.57. The third-order valence-corrected chi connectivity index (χ3v) is 4.88. The summed E-state index contributed by atoms with van der Waals surface area (Å²) in [5, 5.41) is 3.60. The van der Waals surface area contributed by atoms with Crippen molar-refractivity contribution in [2.75, 3.05) is 26.7 Å². The maximum atomic E-state index is 5.99. The van der Waals surface area contributed by atoms with Gasteiger partial charge in [-0.1, -0.05) is 39.3 Å². The maximum absolute atomic E-state index is 5.99. The van der Waals surface area contributed by atoms with Crippen LogP contribution in [-0.4, -0.2) is 31.6 Å². The molecule has 116 valence electrons. The second-order valence-electron chi connectivity index (χ2n) is 6.57. The van der Waals surface area contributed by atoms with Crippen molar-refractivity contribution >= 4 is 22.9 Å². The van der Waals surface area contributed by atoms with Gasteiger partial charge in [-0.2, -0.15) is 0 Å². The monoisotopic (exact) mass is 316 g/mol. The zero-order valence-electron chi connectivity index (χ0n) is 13.5. The van der Waals surface area contributed by atoms with Crippen molar-refractivity contribution < 1.29 is 0 Å². The molecule has 0 bridgehead atoms. The quantitative estimate of drug-likeness (QED) is 0.722. The summed E-state index contributed by atoms with van der Waals surface area (Å²) in [6.45, 7) is 13.4. The van der Waals surface area contributed by atoms with Gasteiger partial charge < -0.3 is 10.2 Å². The zero-order valence-corrected chi connectivity index (χ0v) is 15.1. The van der Waals surface area contributed by atoms with Gasteiger partial charge >= 0.3 is 0 Å². The molecule has 1 aromatic heterocycles. The first-order valence-electron chi connectivity index (χ1n) is 7.48.